The Hall–Kier alpha value is -0.740. The molecule has 4 heteroatoms. The van der Waals surface area contributed by atoms with Gasteiger partial charge >= 0.3 is 0 Å². The molecule has 2 atom stereocenters. The first kappa shape index (κ1) is 15.6. The smallest absolute Gasteiger partial charge is 0.0601 e. The van der Waals surface area contributed by atoms with Crippen LogP contribution in [0.4, 0.5) is 5.69 Å². The molecule has 0 saturated carbocycles. The number of aromatic nitrogens is 1. The van der Waals surface area contributed by atoms with E-state index >= 15 is 0 Å². The van der Waals surface area contributed by atoms with Crippen LogP contribution in [0.25, 0.3) is 0 Å². The Kier molecular flexibility index (Phi) is 5.73. The zero-order chi connectivity index (χ0) is 14.5. The number of nitrogens with zero attached hydrogens (tertiary/aromatic N) is 2. The Labute approximate surface area is 127 Å². The molecule has 1 aliphatic rings. The van der Waals surface area contributed by atoms with Crippen molar-refractivity contribution in [2.75, 3.05) is 23.7 Å². The van der Waals surface area contributed by atoms with Gasteiger partial charge in [-0.05, 0) is 31.0 Å². The van der Waals surface area contributed by atoms with E-state index in [0.717, 1.165) is 19.6 Å². The first-order valence-corrected chi connectivity index (χ1v) is 8.66. The Morgan fingerprint density at radius 2 is 2.25 bits per heavy atom. The topological polar surface area (TPSA) is 28.2 Å². The van der Waals surface area contributed by atoms with Crippen LogP contribution >= 0.6 is 11.8 Å². The van der Waals surface area contributed by atoms with Crippen molar-refractivity contribution in [1.82, 2.24) is 10.3 Å². The van der Waals surface area contributed by atoms with Crippen LogP contribution in [0.15, 0.2) is 18.5 Å². The molecule has 1 aromatic rings. The minimum absolute atomic E-state index is 0.571. The zero-order valence-corrected chi connectivity index (χ0v) is 13.9. The number of rotatable bonds is 5. The number of thioether (sulfide) groups is 1. The largest absolute Gasteiger partial charge is 0.365 e. The highest BCUT2D eigenvalue weighted by atomic mass is 32.2. The van der Waals surface area contributed by atoms with Gasteiger partial charge in [0.05, 0.1) is 11.9 Å². The maximum Gasteiger partial charge on any atom is 0.0601 e. The van der Waals surface area contributed by atoms with Crippen LogP contribution in [-0.2, 0) is 6.54 Å². The second kappa shape index (κ2) is 7.32. The van der Waals surface area contributed by atoms with Crippen LogP contribution in [-0.4, -0.2) is 35.1 Å². The summed E-state index contributed by atoms with van der Waals surface area (Å²) >= 11 is 2.07. The van der Waals surface area contributed by atoms with Crippen LogP contribution in [0.1, 0.15) is 33.3 Å². The summed E-state index contributed by atoms with van der Waals surface area (Å²) in [7, 11) is 0. The van der Waals surface area contributed by atoms with E-state index in [1.165, 1.54) is 17.0 Å². The SMILES string of the molecule is CC(C)CNCc1ccncc1N1CCSC(C)C1C. The van der Waals surface area contributed by atoms with Crippen LogP contribution in [0.5, 0.6) is 0 Å². The lowest BCUT2D eigenvalue weighted by Crippen LogP contribution is -2.45. The van der Waals surface area contributed by atoms with E-state index in [1.807, 2.05) is 12.4 Å². The Bertz CT molecular complexity index is 422. The number of pyridine rings is 1. The molecular weight excluding hydrogens is 266 g/mol. The van der Waals surface area contributed by atoms with Crippen molar-refractivity contribution in [3.63, 3.8) is 0 Å². The molecule has 0 bridgehead atoms. The van der Waals surface area contributed by atoms with Gasteiger partial charge in [-0.3, -0.25) is 4.98 Å². The van der Waals surface area contributed by atoms with Gasteiger partial charge in [-0.2, -0.15) is 11.8 Å². The van der Waals surface area contributed by atoms with E-state index in [9.17, 15) is 0 Å². The second-order valence-corrected chi connectivity index (χ2v) is 7.52. The predicted molar refractivity (Wildman–Crippen MR) is 89.5 cm³/mol. The summed E-state index contributed by atoms with van der Waals surface area (Å²) in [6, 6.07) is 2.73. The Morgan fingerprint density at radius 1 is 1.45 bits per heavy atom. The van der Waals surface area contributed by atoms with Gasteiger partial charge in [-0.15, -0.1) is 0 Å². The van der Waals surface area contributed by atoms with Crippen molar-refractivity contribution >= 4 is 17.4 Å². The van der Waals surface area contributed by atoms with Gasteiger partial charge in [-0.25, -0.2) is 0 Å². The van der Waals surface area contributed by atoms with E-state index in [2.05, 4.69) is 60.7 Å². The van der Waals surface area contributed by atoms with Crippen LogP contribution in [0.2, 0.25) is 0 Å². The quantitative estimate of drug-likeness (QED) is 0.902. The summed E-state index contributed by atoms with van der Waals surface area (Å²) in [4.78, 5) is 6.88. The summed E-state index contributed by atoms with van der Waals surface area (Å²) in [6.45, 7) is 12.3. The minimum atomic E-state index is 0.571. The molecule has 112 valence electrons. The van der Waals surface area contributed by atoms with Gasteiger partial charge < -0.3 is 10.2 Å². The van der Waals surface area contributed by atoms with Gasteiger partial charge in [0.15, 0.2) is 0 Å². The summed E-state index contributed by atoms with van der Waals surface area (Å²) in [5.74, 6) is 1.89. The van der Waals surface area contributed by atoms with E-state index in [0.29, 0.717) is 17.2 Å². The highest BCUT2D eigenvalue weighted by molar-refractivity contribution is 8.00. The van der Waals surface area contributed by atoms with Crippen molar-refractivity contribution in [1.29, 1.82) is 0 Å². The summed E-state index contributed by atoms with van der Waals surface area (Å²) < 4.78 is 0. The molecule has 0 amide bonds. The molecule has 1 aromatic heterocycles. The minimum Gasteiger partial charge on any atom is -0.365 e. The average molecular weight is 293 g/mol. The lowest BCUT2D eigenvalue weighted by atomic mass is 10.1. The third kappa shape index (κ3) is 3.89. The fourth-order valence-corrected chi connectivity index (χ4v) is 3.69. The fourth-order valence-electron chi connectivity index (χ4n) is 2.59. The number of hydrogen-bond acceptors (Lipinski definition) is 4. The van der Waals surface area contributed by atoms with Crippen molar-refractivity contribution in [2.24, 2.45) is 5.92 Å². The molecule has 3 nitrogen and oxygen atoms in total. The average Bonchev–Trinajstić information content (AvgIpc) is 2.42. The van der Waals surface area contributed by atoms with Crippen molar-refractivity contribution in [3.8, 4) is 0 Å². The van der Waals surface area contributed by atoms with E-state index in [1.54, 1.807) is 0 Å². The van der Waals surface area contributed by atoms with Gasteiger partial charge in [-0.1, -0.05) is 20.8 Å². The van der Waals surface area contributed by atoms with E-state index in [4.69, 9.17) is 0 Å². The standard InChI is InChI=1S/C16H27N3S/c1-12(2)9-18-10-15-5-6-17-11-16(15)19-7-8-20-14(4)13(19)3/h5-6,11-14,18H,7-10H2,1-4H3. The van der Waals surface area contributed by atoms with Crippen molar-refractivity contribution in [2.45, 2.75) is 45.5 Å². The predicted octanol–water partition coefficient (Wildman–Crippen LogP) is 3.16. The second-order valence-electron chi connectivity index (χ2n) is 6.04. The normalized spacial score (nSPS) is 23.4. The molecule has 1 saturated heterocycles. The number of hydrogen-bond donors (Lipinski definition) is 1. The molecule has 1 N–H and O–H groups in total. The molecule has 1 aliphatic heterocycles. The fraction of sp³-hybridized carbons (Fsp3) is 0.688. The summed E-state index contributed by atoms with van der Waals surface area (Å²) in [6.07, 6.45) is 3.94. The third-order valence-corrected chi connectivity index (χ3v) is 5.29. The Morgan fingerprint density at radius 3 is 3.00 bits per heavy atom. The van der Waals surface area contributed by atoms with Gasteiger partial charge in [0, 0.05) is 36.3 Å². The van der Waals surface area contributed by atoms with E-state index in [-0.39, 0.29) is 0 Å². The number of anilines is 1. The summed E-state index contributed by atoms with van der Waals surface area (Å²) in [5.41, 5.74) is 2.68. The Balaban J connectivity index is 2.10. The monoisotopic (exact) mass is 293 g/mol. The third-order valence-electron chi connectivity index (χ3n) is 3.95. The highest BCUT2D eigenvalue weighted by Crippen LogP contribution is 2.30. The summed E-state index contributed by atoms with van der Waals surface area (Å²) in [5, 5.41) is 4.23. The lowest BCUT2D eigenvalue weighted by molar-refractivity contribution is 0.550. The molecule has 2 heterocycles. The van der Waals surface area contributed by atoms with Gasteiger partial charge in [0.2, 0.25) is 0 Å². The molecule has 0 radical (unpaired) electrons. The highest BCUT2D eigenvalue weighted by Gasteiger charge is 2.26. The molecule has 0 aromatic carbocycles. The first-order valence-electron chi connectivity index (χ1n) is 7.61. The zero-order valence-electron chi connectivity index (χ0n) is 13.1. The molecule has 2 unspecified atom stereocenters. The lowest BCUT2D eigenvalue weighted by Gasteiger charge is -2.40. The van der Waals surface area contributed by atoms with Crippen molar-refractivity contribution < 1.29 is 0 Å². The first-order chi connectivity index (χ1) is 9.59. The maximum atomic E-state index is 4.35. The molecule has 2 rings (SSSR count). The molecular formula is C16H27N3S. The van der Waals surface area contributed by atoms with Crippen LogP contribution in [0, 0.1) is 5.92 Å². The molecule has 1 fully saturated rings. The van der Waals surface area contributed by atoms with E-state index < -0.39 is 0 Å². The van der Waals surface area contributed by atoms with Crippen LogP contribution < -0.4 is 10.2 Å². The van der Waals surface area contributed by atoms with Crippen LogP contribution in [0.3, 0.4) is 0 Å². The number of nitrogens with one attached hydrogen (secondary N) is 1. The molecule has 0 spiro atoms. The van der Waals surface area contributed by atoms with Gasteiger partial charge in [0.1, 0.15) is 0 Å². The van der Waals surface area contributed by atoms with Crippen molar-refractivity contribution in [3.05, 3.63) is 24.0 Å². The molecule has 0 aliphatic carbocycles. The molecule has 20 heavy (non-hydrogen) atoms. The maximum absolute atomic E-state index is 4.35. The van der Waals surface area contributed by atoms with Gasteiger partial charge in [0.25, 0.3) is 0 Å².